The summed E-state index contributed by atoms with van der Waals surface area (Å²) in [6.07, 6.45) is 3.77. The van der Waals surface area contributed by atoms with Gasteiger partial charge in [-0.3, -0.25) is 9.59 Å². The molecule has 7 nitrogen and oxygen atoms in total. The number of hydrogen-bond donors (Lipinski definition) is 1. The van der Waals surface area contributed by atoms with Crippen molar-refractivity contribution in [3.8, 4) is 0 Å². The maximum atomic E-state index is 12.5. The summed E-state index contributed by atoms with van der Waals surface area (Å²) in [6.45, 7) is 7.79. The van der Waals surface area contributed by atoms with Gasteiger partial charge in [-0.2, -0.15) is 0 Å². The number of nitrogens with zero attached hydrogens (tertiary/aromatic N) is 2. The highest BCUT2D eigenvalue weighted by Gasteiger charge is 2.21. The summed E-state index contributed by atoms with van der Waals surface area (Å²) in [5.74, 6) is -0.0930. The second-order valence-corrected chi connectivity index (χ2v) is 9.04. The summed E-state index contributed by atoms with van der Waals surface area (Å²) >= 11 is 3.39. The average molecular weight is 480 g/mol. The summed E-state index contributed by atoms with van der Waals surface area (Å²) in [4.78, 5) is 40.1. The monoisotopic (exact) mass is 479 g/mol. The van der Waals surface area contributed by atoms with Gasteiger partial charge in [-0.1, -0.05) is 28.1 Å². The lowest BCUT2D eigenvalue weighted by atomic mass is 10.2. The molecule has 1 heterocycles. The van der Waals surface area contributed by atoms with Crippen molar-refractivity contribution in [1.82, 2.24) is 15.1 Å². The third-order valence-corrected chi connectivity index (χ3v) is 4.98. The van der Waals surface area contributed by atoms with Crippen molar-refractivity contribution in [2.75, 3.05) is 32.7 Å². The van der Waals surface area contributed by atoms with Crippen LogP contribution in [0.3, 0.4) is 0 Å². The number of hydrogen-bond acceptors (Lipinski definition) is 4. The van der Waals surface area contributed by atoms with Crippen LogP contribution in [0.2, 0.25) is 0 Å². The van der Waals surface area contributed by atoms with Gasteiger partial charge < -0.3 is 19.9 Å². The van der Waals surface area contributed by atoms with Gasteiger partial charge in [0.1, 0.15) is 5.60 Å². The van der Waals surface area contributed by atoms with Gasteiger partial charge in [0.05, 0.1) is 0 Å². The number of carbonyl (C=O) groups excluding carboxylic acids is 3. The second kappa shape index (κ2) is 11.2. The van der Waals surface area contributed by atoms with E-state index < -0.39 is 11.7 Å². The second-order valence-electron chi connectivity index (χ2n) is 8.12. The van der Waals surface area contributed by atoms with Crippen LogP contribution in [0.15, 0.2) is 34.8 Å². The molecule has 1 aromatic carbocycles. The molecule has 1 N–H and O–H groups in total. The standard InChI is InChI=1S/C22H30BrN3O4/c1-22(2,3)30-21(29)24-12-11-20(28)26-14-4-13-25(15-16-26)19(27)10-7-17-5-8-18(23)9-6-17/h5-10H,4,11-16H2,1-3H3,(H,24,29)/b10-7+. The molecular formula is C22H30BrN3O4. The van der Waals surface area contributed by atoms with E-state index >= 15 is 0 Å². The van der Waals surface area contributed by atoms with Gasteiger partial charge in [0.15, 0.2) is 0 Å². The Hall–Kier alpha value is -2.35. The van der Waals surface area contributed by atoms with Crippen LogP contribution < -0.4 is 5.32 Å². The van der Waals surface area contributed by atoms with Gasteiger partial charge in [0.25, 0.3) is 0 Å². The first-order chi connectivity index (χ1) is 14.1. The topological polar surface area (TPSA) is 79.0 Å². The SMILES string of the molecule is CC(C)(C)OC(=O)NCCC(=O)N1CCCN(C(=O)/C=C/c2ccc(Br)cc2)CC1. The van der Waals surface area contributed by atoms with Crippen LogP contribution in [0, 0.1) is 0 Å². The lowest BCUT2D eigenvalue weighted by molar-refractivity contribution is -0.131. The van der Waals surface area contributed by atoms with Gasteiger partial charge in [-0.25, -0.2) is 4.79 Å². The molecule has 0 aliphatic carbocycles. The Morgan fingerprint density at radius 2 is 1.70 bits per heavy atom. The van der Waals surface area contributed by atoms with E-state index in [-0.39, 0.29) is 24.8 Å². The zero-order chi connectivity index (χ0) is 22.1. The molecule has 30 heavy (non-hydrogen) atoms. The number of ether oxygens (including phenoxy) is 1. The first-order valence-corrected chi connectivity index (χ1v) is 10.9. The lowest BCUT2D eigenvalue weighted by Crippen LogP contribution is -2.39. The molecule has 3 amide bonds. The molecule has 1 aliphatic rings. The van der Waals surface area contributed by atoms with E-state index in [4.69, 9.17) is 4.74 Å². The predicted octanol–water partition coefficient (Wildman–Crippen LogP) is 3.44. The summed E-state index contributed by atoms with van der Waals surface area (Å²) in [5.41, 5.74) is 0.386. The maximum Gasteiger partial charge on any atom is 0.407 e. The molecule has 0 unspecified atom stereocenters. The van der Waals surface area contributed by atoms with Gasteiger partial charge in [0.2, 0.25) is 11.8 Å². The fourth-order valence-corrected chi connectivity index (χ4v) is 3.24. The molecule has 0 atom stereocenters. The summed E-state index contributed by atoms with van der Waals surface area (Å²) in [7, 11) is 0. The minimum atomic E-state index is -0.569. The number of halogens is 1. The Labute approximate surface area is 186 Å². The van der Waals surface area contributed by atoms with E-state index in [0.29, 0.717) is 26.2 Å². The third-order valence-electron chi connectivity index (χ3n) is 4.46. The zero-order valence-electron chi connectivity index (χ0n) is 17.8. The van der Waals surface area contributed by atoms with Crippen molar-refractivity contribution >= 4 is 39.9 Å². The van der Waals surface area contributed by atoms with Crippen LogP contribution in [0.4, 0.5) is 4.79 Å². The van der Waals surface area contributed by atoms with E-state index in [0.717, 1.165) is 16.5 Å². The molecule has 1 fully saturated rings. The zero-order valence-corrected chi connectivity index (χ0v) is 19.4. The summed E-state index contributed by atoms with van der Waals surface area (Å²) < 4.78 is 6.15. The first-order valence-electron chi connectivity index (χ1n) is 10.1. The van der Waals surface area contributed by atoms with Crippen LogP contribution in [-0.4, -0.2) is 66.0 Å². The Kier molecular flexibility index (Phi) is 8.89. The molecule has 2 rings (SSSR count). The van der Waals surface area contributed by atoms with Gasteiger partial charge >= 0.3 is 6.09 Å². The smallest absolute Gasteiger partial charge is 0.407 e. The van der Waals surface area contributed by atoms with E-state index in [2.05, 4.69) is 21.2 Å². The van der Waals surface area contributed by atoms with Crippen molar-refractivity contribution in [3.63, 3.8) is 0 Å². The average Bonchev–Trinajstić information content (AvgIpc) is 2.92. The van der Waals surface area contributed by atoms with Crippen molar-refractivity contribution in [2.45, 2.75) is 39.2 Å². The van der Waals surface area contributed by atoms with Crippen LogP contribution in [0.5, 0.6) is 0 Å². The molecule has 0 bridgehead atoms. The number of alkyl carbamates (subject to hydrolysis) is 1. The molecule has 1 saturated heterocycles. The quantitative estimate of drug-likeness (QED) is 0.655. The normalized spacial score (nSPS) is 15.1. The van der Waals surface area contributed by atoms with Crippen molar-refractivity contribution in [2.24, 2.45) is 0 Å². The molecule has 0 saturated carbocycles. The Balaban J connectivity index is 1.76. The van der Waals surface area contributed by atoms with Crippen molar-refractivity contribution in [1.29, 1.82) is 0 Å². The number of nitrogens with one attached hydrogen (secondary N) is 1. The lowest BCUT2D eigenvalue weighted by Gasteiger charge is -2.22. The maximum absolute atomic E-state index is 12.5. The van der Waals surface area contributed by atoms with E-state index in [1.165, 1.54) is 0 Å². The van der Waals surface area contributed by atoms with Gasteiger partial charge in [-0.15, -0.1) is 0 Å². The molecule has 164 valence electrons. The highest BCUT2D eigenvalue weighted by atomic mass is 79.9. The third kappa shape index (κ3) is 8.57. The van der Waals surface area contributed by atoms with Crippen LogP contribution in [-0.2, 0) is 14.3 Å². The summed E-state index contributed by atoms with van der Waals surface area (Å²) in [6, 6.07) is 7.72. The molecule has 0 spiro atoms. The Morgan fingerprint density at radius 3 is 2.37 bits per heavy atom. The molecule has 1 aromatic rings. The van der Waals surface area contributed by atoms with Gasteiger partial charge in [0, 0.05) is 49.7 Å². The van der Waals surface area contributed by atoms with E-state index in [1.807, 2.05) is 24.3 Å². The number of rotatable bonds is 5. The minimum Gasteiger partial charge on any atom is -0.444 e. The van der Waals surface area contributed by atoms with E-state index in [1.54, 1.807) is 42.7 Å². The Bertz CT molecular complexity index is 772. The number of amides is 3. The van der Waals surface area contributed by atoms with Crippen LogP contribution >= 0.6 is 15.9 Å². The van der Waals surface area contributed by atoms with E-state index in [9.17, 15) is 14.4 Å². The minimum absolute atomic E-state index is 0.0363. The van der Waals surface area contributed by atoms with Crippen LogP contribution in [0.25, 0.3) is 6.08 Å². The molecule has 0 aromatic heterocycles. The van der Waals surface area contributed by atoms with Crippen LogP contribution in [0.1, 0.15) is 39.2 Å². The Morgan fingerprint density at radius 1 is 1.07 bits per heavy atom. The van der Waals surface area contributed by atoms with Crippen molar-refractivity contribution < 1.29 is 19.1 Å². The highest BCUT2D eigenvalue weighted by Crippen LogP contribution is 2.12. The molecule has 8 heteroatoms. The molecular weight excluding hydrogens is 450 g/mol. The van der Waals surface area contributed by atoms with Gasteiger partial charge in [-0.05, 0) is 51.0 Å². The summed E-state index contributed by atoms with van der Waals surface area (Å²) in [5, 5.41) is 2.60. The largest absolute Gasteiger partial charge is 0.444 e. The number of benzene rings is 1. The molecule has 0 radical (unpaired) electrons. The fraction of sp³-hybridized carbons (Fsp3) is 0.500. The highest BCUT2D eigenvalue weighted by molar-refractivity contribution is 9.10. The number of carbonyl (C=O) groups is 3. The first kappa shape index (κ1) is 23.9. The molecule has 1 aliphatic heterocycles. The van der Waals surface area contributed by atoms with Crippen molar-refractivity contribution in [3.05, 3.63) is 40.4 Å². The predicted molar refractivity (Wildman–Crippen MR) is 120 cm³/mol. The fourth-order valence-electron chi connectivity index (χ4n) is 2.98.